The summed E-state index contributed by atoms with van der Waals surface area (Å²) in [5, 5.41) is 13.6. The third-order valence-corrected chi connectivity index (χ3v) is 6.97. The number of carbonyl (C=O) groups is 1. The number of carboxylic acids is 1. The van der Waals surface area contributed by atoms with Gasteiger partial charge in [-0.25, -0.2) is 4.79 Å². The Hall–Kier alpha value is -2.65. The first kappa shape index (κ1) is 22.5. The summed E-state index contributed by atoms with van der Waals surface area (Å²) in [6, 6.07) is 10.9. The second-order valence-electron chi connectivity index (χ2n) is 7.75. The van der Waals surface area contributed by atoms with Gasteiger partial charge in [0.1, 0.15) is 16.4 Å². The summed E-state index contributed by atoms with van der Waals surface area (Å²) >= 11 is 4.77. The summed E-state index contributed by atoms with van der Waals surface area (Å²) in [7, 11) is 2.98. The molecule has 1 aliphatic carbocycles. The van der Waals surface area contributed by atoms with Crippen LogP contribution in [0.2, 0.25) is 0 Å². The Morgan fingerprint density at radius 3 is 2.53 bits per heavy atom. The summed E-state index contributed by atoms with van der Waals surface area (Å²) < 4.78 is 20.8. The predicted octanol–water partition coefficient (Wildman–Crippen LogP) is 6.14. The van der Waals surface area contributed by atoms with Crippen molar-refractivity contribution in [3.63, 3.8) is 0 Å². The van der Waals surface area contributed by atoms with Crippen molar-refractivity contribution in [2.75, 3.05) is 18.9 Å². The molecule has 1 heterocycles. The Kier molecular flexibility index (Phi) is 6.66. The number of halogens is 1. The number of nitrogens with zero attached hydrogens (tertiary/aromatic N) is 1. The first-order valence-electron chi connectivity index (χ1n) is 10.1. The molecule has 3 aromatic rings. The number of benzene rings is 2. The number of rotatable bonds is 9. The van der Waals surface area contributed by atoms with E-state index < -0.39 is 5.97 Å². The predicted molar refractivity (Wildman–Crippen MR) is 127 cm³/mol. The molecular formula is C23H23BrN2O5S. The average Bonchev–Trinajstić information content (AvgIpc) is 3.33. The van der Waals surface area contributed by atoms with Crippen molar-refractivity contribution in [1.29, 1.82) is 0 Å². The van der Waals surface area contributed by atoms with E-state index in [1.54, 1.807) is 0 Å². The topological polar surface area (TPSA) is 93.8 Å². The van der Waals surface area contributed by atoms with E-state index in [0.717, 1.165) is 27.8 Å². The maximum Gasteiger partial charge on any atom is 0.335 e. The van der Waals surface area contributed by atoms with E-state index in [-0.39, 0.29) is 5.56 Å². The molecule has 0 bridgehead atoms. The highest BCUT2D eigenvalue weighted by atomic mass is 79.9. The molecule has 1 aromatic heterocycles. The van der Waals surface area contributed by atoms with E-state index >= 15 is 0 Å². The van der Waals surface area contributed by atoms with Gasteiger partial charge >= 0.3 is 5.97 Å². The quantitative estimate of drug-likeness (QED) is 0.326. The number of methoxy groups -OCH3 is 2. The van der Waals surface area contributed by atoms with Gasteiger partial charge in [0.15, 0.2) is 11.6 Å². The first-order valence-corrected chi connectivity index (χ1v) is 11.7. The van der Waals surface area contributed by atoms with Crippen molar-refractivity contribution in [1.82, 2.24) is 5.16 Å². The van der Waals surface area contributed by atoms with Crippen LogP contribution < -0.4 is 14.2 Å². The van der Waals surface area contributed by atoms with Crippen molar-refractivity contribution in [3.05, 3.63) is 52.0 Å². The van der Waals surface area contributed by atoms with Crippen LogP contribution in [0.25, 0.3) is 11.3 Å². The number of anilines is 1. The zero-order valence-electron chi connectivity index (χ0n) is 17.8. The molecule has 2 atom stereocenters. The van der Waals surface area contributed by atoms with E-state index in [1.807, 2.05) is 24.3 Å². The number of aromatic carboxylic acids is 1. The number of hydrogen-bond donors (Lipinski definition) is 2. The lowest BCUT2D eigenvalue weighted by Gasteiger charge is -2.14. The highest BCUT2D eigenvalue weighted by Gasteiger charge is 2.35. The maximum atomic E-state index is 11.4. The highest BCUT2D eigenvalue weighted by molar-refractivity contribution is 9.10. The van der Waals surface area contributed by atoms with E-state index in [0.29, 0.717) is 34.0 Å². The number of nitrogens with one attached hydrogen (secondary N) is 1. The summed E-state index contributed by atoms with van der Waals surface area (Å²) in [5.74, 6) is 2.40. The standard InChI is InChI=1S/C23H23BrN2O5S/c1-12-7-14(12)9-17-20(13-5-4-6-16(24)8-13)31-25-22(17)26-32-21-18(29-2)10-15(23(27)28)11-19(21)30-3/h4-6,8,10-12,14H,7,9H2,1-3H3,(H,25,26)(H,27,28). The number of ether oxygens (including phenoxy) is 2. The van der Waals surface area contributed by atoms with Crippen molar-refractivity contribution in [2.24, 2.45) is 11.8 Å². The highest BCUT2D eigenvalue weighted by Crippen LogP contribution is 2.45. The van der Waals surface area contributed by atoms with E-state index in [2.05, 4.69) is 32.7 Å². The van der Waals surface area contributed by atoms with Crippen molar-refractivity contribution in [2.45, 2.75) is 24.7 Å². The largest absolute Gasteiger partial charge is 0.495 e. The zero-order valence-corrected chi connectivity index (χ0v) is 20.2. The van der Waals surface area contributed by atoms with Crippen LogP contribution in [0.15, 0.2) is 50.3 Å². The molecule has 0 amide bonds. The van der Waals surface area contributed by atoms with Gasteiger partial charge in [-0.2, -0.15) is 0 Å². The summed E-state index contributed by atoms with van der Waals surface area (Å²) in [6.07, 6.45) is 2.05. The number of aromatic nitrogens is 1. The Morgan fingerprint density at radius 1 is 1.28 bits per heavy atom. The summed E-state index contributed by atoms with van der Waals surface area (Å²) in [5.41, 5.74) is 2.06. The van der Waals surface area contributed by atoms with Crippen molar-refractivity contribution in [3.8, 4) is 22.8 Å². The molecule has 9 heteroatoms. The van der Waals surface area contributed by atoms with E-state index in [4.69, 9.17) is 14.0 Å². The molecule has 32 heavy (non-hydrogen) atoms. The molecule has 2 N–H and O–H groups in total. The van der Waals surface area contributed by atoms with Gasteiger partial charge in [-0.1, -0.05) is 40.1 Å². The molecule has 0 spiro atoms. The average molecular weight is 519 g/mol. The molecule has 1 aliphatic rings. The van der Waals surface area contributed by atoms with E-state index in [1.165, 1.54) is 44.7 Å². The molecule has 0 aliphatic heterocycles. The van der Waals surface area contributed by atoms with Crippen LogP contribution in [0.1, 0.15) is 29.3 Å². The summed E-state index contributed by atoms with van der Waals surface area (Å²) in [4.78, 5) is 12.0. The lowest BCUT2D eigenvalue weighted by molar-refractivity contribution is 0.0696. The van der Waals surface area contributed by atoms with Gasteiger partial charge in [0, 0.05) is 15.6 Å². The fourth-order valence-corrected chi connectivity index (χ4v) is 4.83. The Labute approximate surface area is 198 Å². The van der Waals surface area contributed by atoms with E-state index in [9.17, 15) is 9.90 Å². The lowest BCUT2D eigenvalue weighted by Crippen LogP contribution is -2.02. The van der Waals surface area contributed by atoms with Crippen LogP contribution in [0, 0.1) is 11.8 Å². The Bertz CT molecular complexity index is 1120. The second kappa shape index (κ2) is 9.46. The van der Waals surface area contributed by atoms with Crippen LogP contribution in [0.5, 0.6) is 11.5 Å². The Morgan fingerprint density at radius 2 is 1.97 bits per heavy atom. The third-order valence-electron chi connectivity index (χ3n) is 5.57. The fourth-order valence-electron chi connectivity index (χ4n) is 3.58. The number of hydrogen-bond acceptors (Lipinski definition) is 7. The monoisotopic (exact) mass is 518 g/mol. The molecule has 168 valence electrons. The maximum absolute atomic E-state index is 11.4. The molecule has 0 radical (unpaired) electrons. The van der Waals surface area contributed by atoms with Crippen LogP contribution >= 0.6 is 27.9 Å². The lowest BCUT2D eigenvalue weighted by atomic mass is 10.0. The SMILES string of the molecule is COc1cc(C(=O)O)cc(OC)c1SNc1noc(-c2cccc(Br)c2)c1CC1CC1C. The van der Waals surface area contributed by atoms with Crippen LogP contribution in [-0.2, 0) is 6.42 Å². The van der Waals surface area contributed by atoms with Gasteiger partial charge in [-0.05, 0) is 60.9 Å². The van der Waals surface area contributed by atoms with Crippen LogP contribution in [0.3, 0.4) is 0 Å². The van der Waals surface area contributed by atoms with Crippen LogP contribution in [-0.4, -0.2) is 30.5 Å². The molecule has 2 aromatic carbocycles. The first-order chi connectivity index (χ1) is 15.4. The van der Waals surface area contributed by atoms with Gasteiger partial charge in [0.05, 0.1) is 19.8 Å². The smallest absolute Gasteiger partial charge is 0.335 e. The normalized spacial score (nSPS) is 17.1. The van der Waals surface area contributed by atoms with Crippen LogP contribution in [0.4, 0.5) is 5.82 Å². The minimum atomic E-state index is -1.05. The molecule has 2 unspecified atom stereocenters. The van der Waals surface area contributed by atoms with Gasteiger partial charge in [-0.15, -0.1) is 0 Å². The minimum Gasteiger partial charge on any atom is -0.495 e. The summed E-state index contributed by atoms with van der Waals surface area (Å²) in [6.45, 7) is 2.25. The molecule has 0 saturated heterocycles. The van der Waals surface area contributed by atoms with Crippen molar-refractivity contribution < 1.29 is 23.9 Å². The second-order valence-corrected chi connectivity index (χ2v) is 9.48. The van der Waals surface area contributed by atoms with Gasteiger partial charge in [0.2, 0.25) is 0 Å². The molecule has 1 saturated carbocycles. The Balaban J connectivity index is 1.66. The zero-order chi connectivity index (χ0) is 22.8. The molecule has 4 rings (SSSR count). The molecule has 1 fully saturated rings. The van der Waals surface area contributed by atoms with Gasteiger partial charge < -0.3 is 23.8 Å². The molecule has 7 nitrogen and oxygen atoms in total. The molecular weight excluding hydrogens is 496 g/mol. The fraction of sp³-hybridized carbons (Fsp3) is 0.304. The van der Waals surface area contributed by atoms with Crippen molar-refractivity contribution >= 4 is 39.7 Å². The number of carboxylic acid groups (broad SMARTS) is 1. The third kappa shape index (κ3) is 4.73. The van der Waals surface area contributed by atoms with Gasteiger partial charge in [0.25, 0.3) is 0 Å². The van der Waals surface area contributed by atoms with Gasteiger partial charge in [-0.3, -0.25) is 0 Å². The minimum absolute atomic E-state index is 0.0878.